The third kappa shape index (κ3) is 4.40. The summed E-state index contributed by atoms with van der Waals surface area (Å²) >= 11 is 1.26. The molecule has 0 fully saturated rings. The van der Waals surface area contributed by atoms with Crippen LogP contribution in [0.5, 0.6) is 0 Å². The number of halogens is 8. The van der Waals surface area contributed by atoms with E-state index in [9.17, 15) is 39.9 Å². The number of rotatable bonds is 6. The Hall–Kier alpha value is -2.31. The molecular formula is C17H15F8N3OS. The maximum absolute atomic E-state index is 14.1. The molecular weight excluding hydrogens is 446 g/mol. The Labute approximate surface area is 169 Å². The second kappa shape index (κ2) is 8.44. The highest BCUT2D eigenvalue weighted by molar-refractivity contribution is 8.02. The molecule has 166 valence electrons. The van der Waals surface area contributed by atoms with E-state index in [1.807, 2.05) is 5.32 Å². The normalized spacial score (nSPS) is 15.7. The smallest absolute Gasteiger partial charge is 0.391 e. The van der Waals surface area contributed by atoms with E-state index in [-0.39, 0.29) is 17.8 Å². The molecule has 4 nitrogen and oxygen atoms in total. The van der Waals surface area contributed by atoms with E-state index in [1.54, 1.807) is 13.3 Å². The van der Waals surface area contributed by atoms with Gasteiger partial charge >= 0.3 is 18.0 Å². The van der Waals surface area contributed by atoms with Crippen molar-refractivity contribution in [1.29, 1.82) is 0 Å². The van der Waals surface area contributed by atoms with E-state index >= 15 is 0 Å². The lowest BCUT2D eigenvalue weighted by Gasteiger charge is -2.28. The van der Waals surface area contributed by atoms with E-state index < -0.39 is 41.1 Å². The van der Waals surface area contributed by atoms with Crippen LogP contribution in [0.4, 0.5) is 40.9 Å². The van der Waals surface area contributed by atoms with Gasteiger partial charge in [0, 0.05) is 24.5 Å². The van der Waals surface area contributed by atoms with E-state index in [1.165, 1.54) is 17.8 Å². The number of carbonyl (C=O) groups excluding carboxylic acids is 1. The molecule has 13 heteroatoms. The average Bonchev–Trinajstić information content (AvgIpc) is 2.67. The molecule has 1 aromatic heterocycles. The molecule has 1 aromatic rings. The molecule has 0 aromatic carbocycles. The summed E-state index contributed by atoms with van der Waals surface area (Å²) in [6.45, 7) is 0. The van der Waals surface area contributed by atoms with Crippen LogP contribution in [0.2, 0.25) is 0 Å². The first-order chi connectivity index (χ1) is 13.8. The number of pyridine rings is 1. The van der Waals surface area contributed by atoms with Gasteiger partial charge in [-0.2, -0.15) is 30.7 Å². The van der Waals surface area contributed by atoms with Crippen molar-refractivity contribution in [2.24, 2.45) is 0 Å². The standard InChI is InChI=1S/C17H15F8N3OS/c1-26-9-3-4-12(30-2)10(6-9)14(29)28-13-11(18)5-8(7-27-13)15(19,20)16(21,22)17(23,24)25/h5-7,26H,3-4H2,1-2H3,(H,27,28,29). The number of hydrogen-bond acceptors (Lipinski definition) is 4. The zero-order valence-corrected chi connectivity index (χ0v) is 16.3. The zero-order chi connectivity index (χ0) is 22.9. The molecule has 30 heavy (non-hydrogen) atoms. The summed E-state index contributed by atoms with van der Waals surface area (Å²) in [5.41, 5.74) is -1.13. The number of allylic oxidation sites excluding steroid dienone is 2. The summed E-state index contributed by atoms with van der Waals surface area (Å²) in [5, 5.41) is 4.87. The van der Waals surface area contributed by atoms with Gasteiger partial charge in [-0.15, -0.1) is 11.8 Å². The summed E-state index contributed by atoms with van der Waals surface area (Å²) in [6, 6.07) is -0.220. The predicted molar refractivity (Wildman–Crippen MR) is 94.6 cm³/mol. The number of amides is 1. The minimum atomic E-state index is -6.57. The van der Waals surface area contributed by atoms with Crippen LogP contribution in [0.3, 0.4) is 0 Å². The molecule has 0 spiro atoms. The summed E-state index contributed by atoms with van der Waals surface area (Å²) in [6.07, 6.45) is -2.29. The van der Waals surface area contributed by atoms with Crippen molar-refractivity contribution >= 4 is 23.5 Å². The number of nitrogens with one attached hydrogen (secondary N) is 2. The number of alkyl halides is 7. The number of aromatic nitrogens is 1. The maximum atomic E-state index is 14.1. The topological polar surface area (TPSA) is 54.0 Å². The SMILES string of the molecule is CNC1=CC(C(=O)Nc2ncc(C(F)(F)C(F)(F)C(F)(F)F)cc2F)=C(SC)CC1. The number of hydrogen-bond donors (Lipinski definition) is 2. The molecule has 2 rings (SSSR count). The van der Waals surface area contributed by atoms with E-state index in [4.69, 9.17) is 0 Å². The van der Waals surface area contributed by atoms with Gasteiger partial charge in [0.05, 0.1) is 5.57 Å². The minimum Gasteiger partial charge on any atom is -0.391 e. The van der Waals surface area contributed by atoms with Gasteiger partial charge in [0.1, 0.15) is 0 Å². The number of anilines is 1. The van der Waals surface area contributed by atoms with Crippen LogP contribution in [-0.2, 0) is 10.7 Å². The Morgan fingerprint density at radius 3 is 2.27 bits per heavy atom. The fourth-order valence-electron chi connectivity index (χ4n) is 2.55. The van der Waals surface area contributed by atoms with Crippen LogP contribution >= 0.6 is 11.8 Å². The monoisotopic (exact) mass is 461 g/mol. The molecule has 1 heterocycles. The highest BCUT2D eigenvalue weighted by atomic mass is 32.2. The van der Waals surface area contributed by atoms with Crippen molar-refractivity contribution in [3.05, 3.63) is 45.9 Å². The lowest BCUT2D eigenvalue weighted by Crippen LogP contribution is -2.50. The molecule has 0 radical (unpaired) electrons. The predicted octanol–water partition coefficient (Wildman–Crippen LogP) is 4.96. The molecule has 1 aliphatic carbocycles. The van der Waals surface area contributed by atoms with Gasteiger partial charge in [-0.05, 0) is 36.1 Å². The van der Waals surface area contributed by atoms with Gasteiger partial charge in [-0.3, -0.25) is 4.79 Å². The first-order valence-corrected chi connectivity index (χ1v) is 9.44. The Bertz CT molecular complexity index is 895. The fourth-order valence-corrected chi connectivity index (χ4v) is 3.22. The first-order valence-electron chi connectivity index (χ1n) is 8.21. The first kappa shape index (κ1) is 24.0. The Kier molecular flexibility index (Phi) is 6.74. The maximum Gasteiger partial charge on any atom is 0.460 e. The quantitative estimate of drug-likeness (QED) is 0.588. The second-order valence-corrected chi connectivity index (χ2v) is 7.02. The molecule has 1 amide bonds. The van der Waals surface area contributed by atoms with Crippen LogP contribution in [0.1, 0.15) is 18.4 Å². The van der Waals surface area contributed by atoms with Crippen molar-refractivity contribution in [2.45, 2.75) is 30.9 Å². The summed E-state index contributed by atoms with van der Waals surface area (Å²) in [7, 11) is 1.63. The van der Waals surface area contributed by atoms with Crippen LogP contribution in [-0.4, -0.2) is 36.3 Å². The van der Waals surface area contributed by atoms with Gasteiger partial charge in [0.2, 0.25) is 0 Å². The average molecular weight is 461 g/mol. The third-order valence-electron chi connectivity index (χ3n) is 4.24. The van der Waals surface area contributed by atoms with Crippen molar-refractivity contribution in [2.75, 3.05) is 18.6 Å². The van der Waals surface area contributed by atoms with E-state index in [0.29, 0.717) is 23.4 Å². The molecule has 0 bridgehead atoms. The van der Waals surface area contributed by atoms with Gasteiger partial charge in [-0.25, -0.2) is 9.37 Å². The van der Waals surface area contributed by atoms with Crippen LogP contribution in [0.25, 0.3) is 0 Å². The summed E-state index contributed by atoms with van der Waals surface area (Å²) in [5.74, 6) is -15.7. The lowest BCUT2D eigenvalue weighted by atomic mass is 10.0. The highest BCUT2D eigenvalue weighted by Gasteiger charge is 2.73. The zero-order valence-electron chi connectivity index (χ0n) is 15.4. The molecule has 0 saturated carbocycles. The molecule has 2 N–H and O–H groups in total. The van der Waals surface area contributed by atoms with Gasteiger partial charge in [0.15, 0.2) is 11.6 Å². The molecule has 0 saturated heterocycles. The van der Waals surface area contributed by atoms with Crippen molar-refractivity contribution < 1.29 is 39.9 Å². The van der Waals surface area contributed by atoms with Crippen LogP contribution in [0, 0.1) is 5.82 Å². The Morgan fingerprint density at radius 1 is 1.13 bits per heavy atom. The summed E-state index contributed by atoms with van der Waals surface area (Å²) < 4.78 is 105. The summed E-state index contributed by atoms with van der Waals surface area (Å²) in [4.78, 5) is 16.2. The molecule has 0 atom stereocenters. The van der Waals surface area contributed by atoms with Crippen LogP contribution in [0.15, 0.2) is 34.5 Å². The number of carbonyl (C=O) groups is 1. The third-order valence-corrected chi connectivity index (χ3v) is 5.16. The van der Waals surface area contributed by atoms with Crippen molar-refractivity contribution in [1.82, 2.24) is 10.3 Å². The minimum absolute atomic E-state index is 0.0437. The Balaban J connectivity index is 2.33. The fraction of sp³-hybridized carbons (Fsp3) is 0.412. The number of thioether (sulfide) groups is 1. The molecule has 0 unspecified atom stereocenters. The highest BCUT2D eigenvalue weighted by Crippen LogP contribution is 2.51. The van der Waals surface area contributed by atoms with E-state index in [2.05, 4.69) is 10.3 Å². The lowest BCUT2D eigenvalue weighted by molar-refractivity contribution is -0.359. The molecule has 0 aliphatic heterocycles. The largest absolute Gasteiger partial charge is 0.460 e. The van der Waals surface area contributed by atoms with Crippen molar-refractivity contribution in [3.63, 3.8) is 0 Å². The van der Waals surface area contributed by atoms with Crippen LogP contribution < -0.4 is 10.6 Å². The van der Waals surface area contributed by atoms with Gasteiger partial charge < -0.3 is 10.6 Å². The van der Waals surface area contributed by atoms with Gasteiger partial charge in [0.25, 0.3) is 5.91 Å². The Morgan fingerprint density at radius 2 is 1.77 bits per heavy atom. The van der Waals surface area contributed by atoms with Gasteiger partial charge in [-0.1, -0.05) is 0 Å². The number of nitrogens with zero attached hydrogens (tertiary/aromatic N) is 1. The molecule has 1 aliphatic rings. The van der Waals surface area contributed by atoms with E-state index in [0.717, 1.165) is 0 Å². The second-order valence-electron chi connectivity index (χ2n) is 6.12. The van der Waals surface area contributed by atoms with Crippen molar-refractivity contribution in [3.8, 4) is 0 Å².